The quantitative estimate of drug-likeness (QED) is 0.609. The van der Waals surface area contributed by atoms with Gasteiger partial charge < -0.3 is 14.6 Å². The third-order valence-electron chi connectivity index (χ3n) is 5.40. The Kier molecular flexibility index (Phi) is 6.34. The SMILES string of the molecule is CS(=O)(=O)c1ccc(Cl)c(C(=O)Nc2ccc3c(ccn3CCN3CCOCC3)c2)c1. The molecule has 1 N–H and O–H groups in total. The molecule has 0 saturated carbocycles. The van der Waals surface area contributed by atoms with Gasteiger partial charge >= 0.3 is 0 Å². The van der Waals surface area contributed by atoms with Crippen molar-refractivity contribution in [3.8, 4) is 0 Å². The normalized spacial score (nSPS) is 15.3. The highest BCUT2D eigenvalue weighted by Crippen LogP contribution is 2.24. The topological polar surface area (TPSA) is 80.6 Å². The first-order valence-electron chi connectivity index (χ1n) is 10.0. The molecule has 0 spiro atoms. The Hall–Kier alpha value is -2.39. The van der Waals surface area contributed by atoms with Gasteiger partial charge in [-0.15, -0.1) is 0 Å². The fourth-order valence-corrected chi connectivity index (χ4v) is 4.50. The van der Waals surface area contributed by atoms with Crippen molar-refractivity contribution in [2.24, 2.45) is 0 Å². The Bertz CT molecular complexity index is 1220. The Morgan fingerprint density at radius 1 is 1.10 bits per heavy atom. The van der Waals surface area contributed by atoms with Gasteiger partial charge in [0, 0.05) is 55.2 Å². The van der Waals surface area contributed by atoms with Gasteiger partial charge in [-0.1, -0.05) is 11.6 Å². The molecule has 31 heavy (non-hydrogen) atoms. The highest BCUT2D eigenvalue weighted by molar-refractivity contribution is 7.90. The molecule has 2 aromatic carbocycles. The number of hydrogen-bond acceptors (Lipinski definition) is 5. The molecule has 1 saturated heterocycles. The number of rotatable bonds is 6. The number of halogens is 1. The zero-order chi connectivity index (χ0) is 22.0. The summed E-state index contributed by atoms with van der Waals surface area (Å²) in [7, 11) is -3.44. The van der Waals surface area contributed by atoms with Crippen molar-refractivity contribution >= 4 is 43.9 Å². The van der Waals surface area contributed by atoms with Crippen LogP contribution in [0.15, 0.2) is 53.6 Å². The van der Waals surface area contributed by atoms with E-state index in [2.05, 4.69) is 14.8 Å². The second-order valence-electron chi connectivity index (χ2n) is 7.60. The van der Waals surface area contributed by atoms with Crippen molar-refractivity contribution in [2.45, 2.75) is 11.4 Å². The van der Waals surface area contributed by atoms with Gasteiger partial charge in [-0.2, -0.15) is 0 Å². The van der Waals surface area contributed by atoms with E-state index in [1.54, 1.807) is 0 Å². The molecule has 0 unspecified atom stereocenters. The molecule has 0 aliphatic carbocycles. The number of fused-ring (bicyclic) bond motifs is 1. The van der Waals surface area contributed by atoms with E-state index in [9.17, 15) is 13.2 Å². The zero-order valence-corrected chi connectivity index (χ0v) is 18.7. The lowest BCUT2D eigenvalue weighted by Gasteiger charge is -2.26. The molecule has 1 amide bonds. The van der Waals surface area contributed by atoms with Gasteiger partial charge in [0.1, 0.15) is 0 Å². The fourth-order valence-electron chi connectivity index (χ4n) is 3.65. The number of amides is 1. The Morgan fingerprint density at radius 3 is 2.61 bits per heavy atom. The van der Waals surface area contributed by atoms with Crippen LogP contribution in [-0.2, 0) is 21.1 Å². The predicted molar refractivity (Wildman–Crippen MR) is 122 cm³/mol. The number of hydrogen-bond donors (Lipinski definition) is 1. The molecule has 7 nitrogen and oxygen atoms in total. The number of sulfone groups is 1. The summed E-state index contributed by atoms with van der Waals surface area (Å²) in [5.41, 5.74) is 1.82. The summed E-state index contributed by atoms with van der Waals surface area (Å²) in [6.45, 7) is 5.32. The molecule has 1 aliphatic heterocycles. The van der Waals surface area contributed by atoms with E-state index in [1.165, 1.54) is 18.2 Å². The molecule has 1 aliphatic rings. The van der Waals surface area contributed by atoms with Crippen molar-refractivity contribution in [2.75, 3.05) is 44.4 Å². The van der Waals surface area contributed by atoms with Crippen LogP contribution in [0.1, 0.15) is 10.4 Å². The van der Waals surface area contributed by atoms with E-state index in [-0.39, 0.29) is 15.5 Å². The van der Waals surface area contributed by atoms with Crippen LogP contribution in [0.5, 0.6) is 0 Å². The molecule has 0 bridgehead atoms. The number of aromatic nitrogens is 1. The summed E-state index contributed by atoms with van der Waals surface area (Å²) in [5, 5.41) is 4.02. The molecule has 0 radical (unpaired) electrons. The van der Waals surface area contributed by atoms with Crippen molar-refractivity contribution in [1.29, 1.82) is 0 Å². The number of ether oxygens (including phenoxy) is 1. The van der Waals surface area contributed by atoms with E-state index >= 15 is 0 Å². The summed E-state index contributed by atoms with van der Waals surface area (Å²) < 4.78 is 31.2. The fraction of sp³-hybridized carbons (Fsp3) is 0.318. The van der Waals surface area contributed by atoms with Crippen LogP contribution in [0.25, 0.3) is 10.9 Å². The first-order valence-corrected chi connectivity index (χ1v) is 12.3. The molecule has 1 fully saturated rings. The van der Waals surface area contributed by atoms with Crippen LogP contribution in [0.2, 0.25) is 5.02 Å². The lowest BCUT2D eigenvalue weighted by molar-refractivity contribution is 0.0365. The monoisotopic (exact) mass is 461 g/mol. The highest BCUT2D eigenvalue weighted by Gasteiger charge is 2.16. The molecule has 9 heteroatoms. The van der Waals surface area contributed by atoms with E-state index in [1.807, 2.05) is 30.5 Å². The van der Waals surface area contributed by atoms with E-state index < -0.39 is 15.7 Å². The van der Waals surface area contributed by atoms with Crippen LogP contribution < -0.4 is 5.32 Å². The summed E-state index contributed by atoms with van der Waals surface area (Å²) in [5.74, 6) is -0.457. The standard InChI is InChI=1S/C22H24ClN3O4S/c1-31(28,29)18-3-4-20(23)19(15-18)22(27)24-17-2-5-21-16(14-17)6-7-26(21)9-8-25-10-12-30-13-11-25/h2-7,14-15H,8-13H2,1H3,(H,24,27). The third-order valence-corrected chi connectivity index (χ3v) is 6.84. The number of benzene rings is 2. The molecule has 3 aromatic rings. The Labute approximate surface area is 186 Å². The van der Waals surface area contributed by atoms with Gasteiger partial charge in [0.05, 0.1) is 28.7 Å². The second kappa shape index (κ2) is 9.00. The van der Waals surface area contributed by atoms with E-state index in [0.717, 1.165) is 56.6 Å². The van der Waals surface area contributed by atoms with Gasteiger partial charge in [0.15, 0.2) is 9.84 Å². The highest BCUT2D eigenvalue weighted by atomic mass is 35.5. The van der Waals surface area contributed by atoms with Gasteiger partial charge in [0.25, 0.3) is 5.91 Å². The number of nitrogens with zero attached hydrogens (tertiary/aromatic N) is 2. The minimum atomic E-state index is -3.44. The van der Waals surface area contributed by atoms with Crippen LogP contribution in [0.4, 0.5) is 5.69 Å². The van der Waals surface area contributed by atoms with E-state index in [0.29, 0.717) is 5.69 Å². The number of nitrogens with one attached hydrogen (secondary N) is 1. The number of morpholine rings is 1. The summed E-state index contributed by atoms with van der Waals surface area (Å²) in [4.78, 5) is 15.2. The summed E-state index contributed by atoms with van der Waals surface area (Å²) in [6, 6.07) is 11.8. The van der Waals surface area contributed by atoms with Gasteiger partial charge in [0.2, 0.25) is 0 Å². The number of carbonyl (C=O) groups is 1. The van der Waals surface area contributed by atoms with Crippen molar-refractivity contribution < 1.29 is 17.9 Å². The molecule has 2 heterocycles. The minimum Gasteiger partial charge on any atom is -0.379 e. The van der Waals surface area contributed by atoms with Gasteiger partial charge in [-0.25, -0.2) is 8.42 Å². The third kappa shape index (κ3) is 5.10. The smallest absolute Gasteiger partial charge is 0.257 e. The molecule has 1 aromatic heterocycles. The summed E-state index contributed by atoms with van der Waals surface area (Å²) >= 11 is 6.13. The zero-order valence-electron chi connectivity index (χ0n) is 17.2. The first kappa shape index (κ1) is 21.8. The average molecular weight is 462 g/mol. The van der Waals surface area contributed by atoms with E-state index in [4.69, 9.17) is 16.3 Å². The van der Waals surface area contributed by atoms with Crippen molar-refractivity contribution in [3.63, 3.8) is 0 Å². The molecule has 164 valence electrons. The minimum absolute atomic E-state index is 0.0508. The number of carbonyl (C=O) groups excluding carboxylic acids is 1. The van der Waals surface area contributed by atoms with Crippen molar-refractivity contribution in [1.82, 2.24) is 9.47 Å². The average Bonchev–Trinajstić information content (AvgIpc) is 3.14. The largest absolute Gasteiger partial charge is 0.379 e. The van der Waals surface area contributed by atoms with Crippen molar-refractivity contribution in [3.05, 3.63) is 59.2 Å². The van der Waals surface area contributed by atoms with Gasteiger partial charge in [-0.3, -0.25) is 9.69 Å². The Balaban J connectivity index is 1.49. The maximum absolute atomic E-state index is 12.7. The van der Waals surface area contributed by atoms with Crippen LogP contribution in [-0.4, -0.2) is 62.9 Å². The van der Waals surface area contributed by atoms with Crippen LogP contribution >= 0.6 is 11.6 Å². The lowest BCUT2D eigenvalue weighted by atomic mass is 10.2. The molecule has 4 rings (SSSR count). The lowest BCUT2D eigenvalue weighted by Crippen LogP contribution is -2.38. The maximum Gasteiger partial charge on any atom is 0.257 e. The Morgan fingerprint density at radius 2 is 1.87 bits per heavy atom. The molecular weight excluding hydrogens is 438 g/mol. The summed E-state index contributed by atoms with van der Waals surface area (Å²) in [6.07, 6.45) is 3.14. The molecule has 0 atom stereocenters. The first-order chi connectivity index (χ1) is 14.8. The number of anilines is 1. The second-order valence-corrected chi connectivity index (χ2v) is 10.0. The van der Waals surface area contributed by atoms with Gasteiger partial charge in [-0.05, 0) is 42.5 Å². The van der Waals surface area contributed by atoms with Crippen LogP contribution in [0, 0.1) is 0 Å². The predicted octanol–water partition coefficient (Wildman–Crippen LogP) is 3.28. The van der Waals surface area contributed by atoms with Crippen LogP contribution in [0.3, 0.4) is 0 Å². The molecular formula is C22H24ClN3O4S. The maximum atomic E-state index is 12.7.